The van der Waals surface area contributed by atoms with Crippen LogP contribution in [0.4, 0.5) is 5.82 Å². The molecule has 0 spiro atoms. The van der Waals surface area contributed by atoms with E-state index in [4.69, 9.17) is 16.6 Å². The minimum atomic E-state index is -0.265. The van der Waals surface area contributed by atoms with Crippen LogP contribution in [0.5, 0.6) is 0 Å². The minimum Gasteiger partial charge on any atom is -0.392 e. The quantitative estimate of drug-likeness (QED) is 0.584. The first-order chi connectivity index (χ1) is 6.19. The normalized spacial score (nSPS) is 12.5. The summed E-state index contributed by atoms with van der Waals surface area (Å²) in [5.41, 5.74) is 12.6. The molecule has 1 aromatic rings. The number of aromatic nitrogens is 1. The number of anilines is 1. The average Bonchev–Trinajstić information content (AvgIpc) is 2.17. The van der Waals surface area contributed by atoms with Gasteiger partial charge in [-0.15, -0.1) is 6.58 Å². The Balaban J connectivity index is 3.05. The van der Waals surface area contributed by atoms with Crippen molar-refractivity contribution in [2.45, 2.75) is 12.6 Å². The standard InChI is InChI=1S/C9H13N3O/c1-2-8(10)6-3-7(5-13)9(11)12-4-6/h2-4,8,13H,1,5,10H2,(H2,11,12)/t8-/m0/s1. The van der Waals surface area contributed by atoms with E-state index >= 15 is 0 Å². The molecule has 0 aromatic carbocycles. The highest BCUT2D eigenvalue weighted by atomic mass is 16.3. The Kier molecular flexibility index (Phi) is 3.00. The van der Waals surface area contributed by atoms with Crippen LogP contribution in [0.25, 0.3) is 0 Å². The second kappa shape index (κ2) is 4.02. The molecular weight excluding hydrogens is 166 g/mol. The molecule has 0 aliphatic carbocycles. The molecular formula is C9H13N3O. The molecule has 5 N–H and O–H groups in total. The lowest BCUT2D eigenvalue weighted by Crippen LogP contribution is -2.09. The van der Waals surface area contributed by atoms with E-state index in [-0.39, 0.29) is 12.6 Å². The fourth-order valence-electron chi connectivity index (χ4n) is 0.984. The third-order valence-corrected chi connectivity index (χ3v) is 1.83. The van der Waals surface area contributed by atoms with E-state index in [0.717, 1.165) is 5.56 Å². The third kappa shape index (κ3) is 2.05. The molecule has 70 valence electrons. The second-order valence-electron chi connectivity index (χ2n) is 2.73. The maximum absolute atomic E-state index is 8.91. The highest BCUT2D eigenvalue weighted by Gasteiger charge is 2.05. The van der Waals surface area contributed by atoms with Crippen molar-refractivity contribution < 1.29 is 5.11 Å². The van der Waals surface area contributed by atoms with Gasteiger partial charge in [0.2, 0.25) is 0 Å². The van der Waals surface area contributed by atoms with Crippen molar-refractivity contribution in [3.05, 3.63) is 36.0 Å². The summed E-state index contributed by atoms with van der Waals surface area (Å²) >= 11 is 0. The van der Waals surface area contributed by atoms with E-state index in [0.29, 0.717) is 11.4 Å². The molecule has 0 amide bonds. The van der Waals surface area contributed by atoms with Crippen molar-refractivity contribution in [1.29, 1.82) is 0 Å². The van der Waals surface area contributed by atoms with Crippen molar-refractivity contribution in [3.8, 4) is 0 Å². The lowest BCUT2D eigenvalue weighted by Gasteiger charge is -2.08. The third-order valence-electron chi connectivity index (χ3n) is 1.83. The van der Waals surface area contributed by atoms with Gasteiger partial charge >= 0.3 is 0 Å². The molecule has 0 fully saturated rings. The molecule has 0 aliphatic rings. The van der Waals surface area contributed by atoms with Crippen molar-refractivity contribution in [2.24, 2.45) is 5.73 Å². The smallest absolute Gasteiger partial charge is 0.128 e. The number of nitrogens with two attached hydrogens (primary N) is 2. The molecule has 0 radical (unpaired) electrons. The van der Waals surface area contributed by atoms with Crippen LogP contribution in [0, 0.1) is 0 Å². The summed E-state index contributed by atoms with van der Waals surface area (Å²) in [5.74, 6) is 0.336. The van der Waals surface area contributed by atoms with E-state index in [9.17, 15) is 0 Å². The van der Waals surface area contributed by atoms with E-state index in [1.165, 1.54) is 0 Å². The Morgan fingerprint density at radius 2 is 2.38 bits per heavy atom. The molecule has 13 heavy (non-hydrogen) atoms. The number of nitrogens with zero attached hydrogens (tertiary/aromatic N) is 1. The minimum absolute atomic E-state index is 0.128. The number of pyridine rings is 1. The lowest BCUT2D eigenvalue weighted by atomic mass is 10.1. The fraction of sp³-hybridized carbons (Fsp3) is 0.222. The highest BCUT2D eigenvalue weighted by Crippen LogP contribution is 2.15. The molecule has 0 bridgehead atoms. The predicted octanol–water partition coefficient (Wildman–Crippen LogP) is 0.342. The van der Waals surface area contributed by atoms with Gasteiger partial charge in [-0.1, -0.05) is 6.08 Å². The van der Waals surface area contributed by atoms with Crippen LogP contribution in [0.1, 0.15) is 17.2 Å². The molecule has 0 unspecified atom stereocenters. The zero-order chi connectivity index (χ0) is 9.84. The van der Waals surface area contributed by atoms with E-state index in [1.54, 1.807) is 18.3 Å². The molecule has 0 aliphatic heterocycles. The van der Waals surface area contributed by atoms with Gasteiger partial charge in [0.15, 0.2) is 0 Å². The Hall–Kier alpha value is -1.39. The lowest BCUT2D eigenvalue weighted by molar-refractivity contribution is 0.282. The van der Waals surface area contributed by atoms with Gasteiger partial charge in [-0.05, 0) is 11.6 Å². The van der Waals surface area contributed by atoms with E-state index in [2.05, 4.69) is 11.6 Å². The summed E-state index contributed by atoms with van der Waals surface area (Å²) in [6, 6.07) is 1.47. The number of hydrogen-bond acceptors (Lipinski definition) is 4. The average molecular weight is 179 g/mol. The zero-order valence-electron chi connectivity index (χ0n) is 7.27. The summed E-state index contributed by atoms with van der Waals surface area (Å²) in [6.45, 7) is 3.44. The number of nitrogen functional groups attached to an aromatic ring is 1. The van der Waals surface area contributed by atoms with E-state index in [1.807, 2.05) is 0 Å². The first kappa shape index (κ1) is 9.70. The molecule has 1 atom stereocenters. The first-order valence-corrected chi connectivity index (χ1v) is 3.92. The summed E-state index contributed by atoms with van der Waals surface area (Å²) in [7, 11) is 0. The van der Waals surface area contributed by atoms with Gasteiger partial charge < -0.3 is 16.6 Å². The van der Waals surface area contributed by atoms with Crippen LogP contribution in [0.3, 0.4) is 0 Å². The fourth-order valence-corrected chi connectivity index (χ4v) is 0.984. The molecule has 1 rings (SSSR count). The maximum Gasteiger partial charge on any atom is 0.128 e. The van der Waals surface area contributed by atoms with Crippen molar-refractivity contribution in [2.75, 3.05) is 5.73 Å². The van der Waals surface area contributed by atoms with Gasteiger partial charge in [0, 0.05) is 17.8 Å². The van der Waals surface area contributed by atoms with Gasteiger partial charge in [-0.3, -0.25) is 0 Å². The largest absolute Gasteiger partial charge is 0.392 e. The zero-order valence-corrected chi connectivity index (χ0v) is 7.27. The number of aliphatic hydroxyl groups excluding tert-OH is 1. The van der Waals surface area contributed by atoms with Gasteiger partial charge in [0.05, 0.1) is 6.61 Å². The van der Waals surface area contributed by atoms with Gasteiger partial charge in [0.1, 0.15) is 5.82 Å². The Morgan fingerprint density at radius 1 is 1.69 bits per heavy atom. The second-order valence-corrected chi connectivity index (χ2v) is 2.73. The molecule has 0 saturated carbocycles. The maximum atomic E-state index is 8.91. The Morgan fingerprint density at radius 3 is 2.92 bits per heavy atom. The topological polar surface area (TPSA) is 85.2 Å². The van der Waals surface area contributed by atoms with E-state index < -0.39 is 0 Å². The molecule has 1 aromatic heterocycles. The van der Waals surface area contributed by atoms with Crippen LogP contribution in [0.15, 0.2) is 24.9 Å². The van der Waals surface area contributed by atoms with Crippen LogP contribution < -0.4 is 11.5 Å². The molecule has 4 nitrogen and oxygen atoms in total. The predicted molar refractivity (Wildman–Crippen MR) is 51.7 cm³/mol. The summed E-state index contributed by atoms with van der Waals surface area (Å²) in [5, 5.41) is 8.91. The monoisotopic (exact) mass is 179 g/mol. The summed E-state index contributed by atoms with van der Waals surface area (Å²) in [4.78, 5) is 3.91. The van der Waals surface area contributed by atoms with Crippen LogP contribution in [-0.2, 0) is 6.61 Å². The molecule has 4 heteroatoms. The Labute approximate surface area is 76.9 Å². The van der Waals surface area contributed by atoms with Crippen molar-refractivity contribution in [1.82, 2.24) is 4.98 Å². The van der Waals surface area contributed by atoms with Gasteiger partial charge in [-0.25, -0.2) is 4.98 Å². The highest BCUT2D eigenvalue weighted by molar-refractivity contribution is 5.41. The van der Waals surface area contributed by atoms with Gasteiger partial charge in [0.25, 0.3) is 0 Å². The van der Waals surface area contributed by atoms with Crippen molar-refractivity contribution in [3.63, 3.8) is 0 Å². The molecule has 0 saturated heterocycles. The van der Waals surface area contributed by atoms with Crippen LogP contribution in [0.2, 0.25) is 0 Å². The number of hydrogen-bond donors (Lipinski definition) is 3. The van der Waals surface area contributed by atoms with Crippen LogP contribution >= 0.6 is 0 Å². The summed E-state index contributed by atoms with van der Waals surface area (Å²) < 4.78 is 0. The summed E-state index contributed by atoms with van der Waals surface area (Å²) in [6.07, 6.45) is 3.19. The molecule has 1 heterocycles. The van der Waals surface area contributed by atoms with Crippen LogP contribution in [-0.4, -0.2) is 10.1 Å². The van der Waals surface area contributed by atoms with Crippen molar-refractivity contribution >= 4 is 5.82 Å². The first-order valence-electron chi connectivity index (χ1n) is 3.92. The van der Waals surface area contributed by atoms with Gasteiger partial charge in [-0.2, -0.15) is 0 Å². The number of aliphatic hydroxyl groups is 1. The SMILES string of the molecule is C=C[C@H](N)c1cnc(N)c(CO)c1. The number of rotatable bonds is 3. The Bertz CT molecular complexity index is 312.